The maximum atomic E-state index is 15.1. The first-order valence-electron chi connectivity index (χ1n) is 13.4. The zero-order chi connectivity index (χ0) is 28.8. The van der Waals surface area contributed by atoms with E-state index in [1.807, 2.05) is 50.2 Å². The zero-order valence-corrected chi connectivity index (χ0v) is 22.9. The van der Waals surface area contributed by atoms with Crippen molar-refractivity contribution in [3.63, 3.8) is 0 Å². The summed E-state index contributed by atoms with van der Waals surface area (Å²) in [7, 11) is 0. The van der Waals surface area contributed by atoms with Gasteiger partial charge in [0.2, 0.25) is 5.82 Å². The van der Waals surface area contributed by atoms with Crippen molar-refractivity contribution < 1.29 is 23.2 Å². The van der Waals surface area contributed by atoms with Crippen LogP contribution in [0.1, 0.15) is 23.1 Å². The standard InChI is InChI=1S/C30H31FN6O4/c1-20-6-9-23(10-7-20)29-34-27(35-41-29)24-11-8-22(17-25(24)31)18-26(40-19-38)33-30(39)37-14-4-13-36(15-16-37)28-21(2)5-3-12-32-28/h3,5-12,17,19,26H,4,13-16,18H2,1-2H3,(H,33,39). The number of pyridine rings is 1. The number of anilines is 1. The van der Waals surface area contributed by atoms with Gasteiger partial charge in [0.25, 0.3) is 12.4 Å². The Labute approximate surface area is 237 Å². The van der Waals surface area contributed by atoms with Crippen molar-refractivity contribution in [3.8, 4) is 22.8 Å². The van der Waals surface area contributed by atoms with E-state index in [1.54, 1.807) is 17.2 Å². The maximum absolute atomic E-state index is 15.1. The number of carbonyl (C=O) groups excluding carboxylic acids is 2. The summed E-state index contributed by atoms with van der Waals surface area (Å²) in [6.07, 6.45) is 1.63. The molecule has 5 rings (SSSR count). The van der Waals surface area contributed by atoms with Crippen molar-refractivity contribution >= 4 is 18.3 Å². The molecule has 0 aliphatic carbocycles. The van der Waals surface area contributed by atoms with Crippen molar-refractivity contribution in [3.05, 3.63) is 83.3 Å². The van der Waals surface area contributed by atoms with Crippen molar-refractivity contribution in [1.82, 2.24) is 25.3 Å². The lowest BCUT2D eigenvalue weighted by Crippen LogP contribution is -2.47. The van der Waals surface area contributed by atoms with E-state index in [1.165, 1.54) is 12.1 Å². The summed E-state index contributed by atoms with van der Waals surface area (Å²) < 4.78 is 25.6. The van der Waals surface area contributed by atoms with E-state index in [2.05, 4.69) is 25.3 Å². The first-order valence-corrected chi connectivity index (χ1v) is 13.4. The number of urea groups is 1. The molecule has 0 radical (unpaired) electrons. The van der Waals surface area contributed by atoms with Gasteiger partial charge < -0.3 is 24.4 Å². The number of nitrogens with zero attached hydrogens (tertiary/aromatic N) is 5. The Balaban J connectivity index is 1.22. The minimum Gasteiger partial charge on any atom is -0.443 e. The summed E-state index contributed by atoms with van der Waals surface area (Å²) in [4.78, 5) is 36.9. The molecule has 10 nitrogen and oxygen atoms in total. The van der Waals surface area contributed by atoms with Crippen LogP contribution in [0.25, 0.3) is 22.8 Å². The third-order valence-corrected chi connectivity index (χ3v) is 6.99. The monoisotopic (exact) mass is 558 g/mol. The number of aromatic nitrogens is 3. The number of amides is 2. The van der Waals surface area contributed by atoms with Crippen molar-refractivity contribution in [1.29, 1.82) is 0 Å². The van der Waals surface area contributed by atoms with Gasteiger partial charge in [0.15, 0.2) is 6.23 Å². The summed E-state index contributed by atoms with van der Waals surface area (Å²) in [6.45, 7) is 6.68. The number of carbonyl (C=O) groups is 2. The summed E-state index contributed by atoms with van der Waals surface area (Å²) >= 11 is 0. The van der Waals surface area contributed by atoms with Gasteiger partial charge in [-0.25, -0.2) is 14.2 Å². The largest absolute Gasteiger partial charge is 0.443 e. The molecule has 4 aromatic rings. The molecule has 2 amide bonds. The third kappa shape index (κ3) is 6.68. The van der Waals surface area contributed by atoms with Gasteiger partial charge in [-0.2, -0.15) is 4.98 Å². The van der Waals surface area contributed by atoms with Gasteiger partial charge in [0, 0.05) is 44.4 Å². The van der Waals surface area contributed by atoms with Gasteiger partial charge in [0.1, 0.15) is 11.6 Å². The van der Waals surface area contributed by atoms with Gasteiger partial charge in [-0.3, -0.25) is 4.79 Å². The Bertz CT molecular complexity index is 1510. The van der Waals surface area contributed by atoms with Crippen LogP contribution in [0.3, 0.4) is 0 Å². The molecular formula is C30H31FN6O4. The van der Waals surface area contributed by atoms with Crippen LogP contribution in [0, 0.1) is 19.7 Å². The number of ether oxygens (including phenoxy) is 1. The molecule has 2 aromatic carbocycles. The number of hydrogen-bond acceptors (Lipinski definition) is 8. The molecule has 1 atom stereocenters. The van der Waals surface area contributed by atoms with E-state index < -0.39 is 12.0 Å². The van der Waals surface area contributed by atoms with Crippen LogP contribution in [0.5, 0.6) is 0 Å². The summed E-state index contributed by atoms with van der Waals surface area (Å²) in [6, 6.07) is 15.6. The van der Waals surface area contributed by atoms with E-state index in [0.29, 0.717) is 25.2 Å². The minimum atomic E-state index is -0.971. The molecule has 3 heterocycles. The molecule has 11 heteroatoms. The maximum Gasteiger partial charge on any atom is 0.320 e. The van der Waals surface area contributed by atoms with Crippen molar-refractivity contribution in [2.24, 2.45) is 0 Å². The lowest BCUT2D eigenvalue weighted by molar-refractivity contribution is -0.134. The first-order chi connectivity index (χ1) is 19.9. The molecule has 2 aromatic heterocycles. The van der Waals surface area contributed by atoms with Crippen molar-refractivity contribution in [2.45, 2.75) is 32.9 Å². The smallest absolute Gasteiger partial charge is 0.320 e. The van der Waals surface area contributed by atoms with Crippen LogP contribution in [-0.2, 0) is 16.0 Å². The quantitative estimate of drug-likeness (QED) is 0.248. The number of halogens is 1. The zero-order valence-electron chi connectivity index (χ0n) is 22.9. The Hall–Kier alpha value is -4.80. The Morgan fingerprint density at radius 2 is 1.95 bits per heavy atom. The van der Waals surface area contributed by atoms with E-state index in [4.69, 9.17) is 9.26 Å². The van der Waals surface area contributed by atoms with Crippen LogP contribution < -0.4 is 10.2 Å². The Morgan fingerprint density at radius 3 is 2.71 bits per heavy atom. The van der Waals surface area contributed by atoms with E-state index in [0.717, 1.165) is 35.5 Å². The summed E-state index contributed by atoms with van der Waals surface area (Å²) in [5, 5.41) is 6.69. The molecule has 41 heavy (non-hydrogen) atoms. The predicted octanol–water partition coefficient (Wildman–Crippen LogP) is 4.52. The molecule has 1 unspecified atom stereocenters. The van der Waals surface area contributed by atoms with Crippen LogP contribution in [-0.4, -0.2) is 64.9 Å². The van der Waals surface area contributed by atoms with Crippen LogP contribution in [0.15, 0.2) is 65.3 Å². The van der Waals surface area contributed by atoms with Gasteiger partial charge in [-0.05, 0) is 61.7 Å². The Kier molecular flexibility index (Phi) is 8.52. The lowest BCUT2D eigenvalue weighted by Gasteiger charge is -2.25. The van der Waals surface area contributed by atoms with E-state index in [9.17, 15) is 9.59 Å². The molecule has 0 bridgehead atoms. The average Bonchev–Trinajstić information content (AvgIpc) is 3.31. The van der Waals surface area contributed by atoms with Gasteiger partial charge in [-0.15, -0.1) is 0 Å². The number of benzene rings is 2. The molecule has 0 spiro atoms. The summed E-state index contributed by atoms with van der Waals surface area (Å²) in [5.74, 6) is 0.758. The van der Waals surface area contributed by atoms with Crippen LogP contribution in [0.4, 0.5) is 15.0 Å². The van der Waals surface area contributed by atoms with Gasteiger partial charge in [0.05, 0.1) is 5.56 Å². The number of hydrogen-bond donors (Lipinski definition) is 1. The molecule has 1 saturated heterocycles. The fraction of sp³-hybridized carbons (Fsp3) is 0.300. The fourth-order valence-corrected chi connectivity index (χ4v) is 4.80. The van der Waals surface area contributed by atoms with E-state index >= 15 is 4.39 Å². The number of aryl methyl sites for hydroxylation is 2. The Morgan fingerprint density at radius 1 is 1.12 bits per heavy atom. The molecule has 1 aliphatic rings. The highest BCUT2D eigenvalue weighted by atomic mass is 19.1. The minimum absolute atomic E-state index is 0.0790. The molecular weight excluding hydrogens is 527 g/mol. The molecule has 1 fully saturated rings. The second-order valence-electron chi connectivity index (χ2n) is 9.95. The average molecular weight is 559 g/mol. The summed E-state index contributed by atoms with van der Waals surface area (Å²) in [5.41, 5.74) is 3.60. The highest BCUT2D eigenvalue weighted by Crippen LogP contribution is 2.25. The third-order valence-electron chi connectivity index (χ3n) is 6.99. The normalized spacial score (nSPS) is 14.3. The second-order valence-corrected chi connectivity index (χ2v) is 9.95. The van der Waals surface area contributed by atoms with Crippen molar-refractivity contribution in [2.75, 3.05) is 31.1 Å². The van der Waals surface area contributed by atoms with Gasteiger partial charge >= 0.3 is 6.03 Å². The first kappa shape index (κ1) is 27.8. The fourth-order valence-electron chi connectivity index (χ4n) is 4.80. The second kappa shape index (κ2) is 12.6. The SMILES string of the molecule is Cc1ccc(-c2nc(-c3ccc(CC(NC(=O)N4CCCN(c5ncccc5C)CC4)OC=O)cc3F)no2)cc1. The predicted molar refractivity (Wildman–Crippen MR) is 150 cm³/mol. The molecule has 212 valence electrons. The molecule has 1 N–H and O–H groups in total. The van der Waals surface area contributed by atoms with Crippen LogP contribution in [0.2, 0.25) is 0 Å². The number of nitrogens with one attached hydrogen (secondary N) is 1. The highest BCUT2D eigenvalue weighted by Gasteiger charge is 2.24. The molecule has 0 saturated carbocycles. The topological polar surface area (TPSA) is 114 Å². The van der Waals surface area contributed by atoms with Crippen LogP contribution >= 0.6 is 0 Å². The molecule has 1 aliphatic heterocycles. The lowest BCUT2D eigenvalue weighted by atomic mass is 10.1. The highest BCUT2D eigenvalue weighted by molar-refractivity contribution is 5.74. The number of rotatable bonds is 8. The van der Waals surface area contributed by atoms with E-state index in [-0.39, 0.29) is 36.2 Å². The van der Waals surface area contributed by atoms with Gasteiger partial charge in [-0.1, -0.05) is 35.0 Å².